The average Bonchev–Trinajstić information content (AvgIpc) is 2.79. The molecule has 0 saturated carbocycles. The summed E-state index contributed by atoms with van der Waals surface area (Å²) in [6.07, 6.45) is 2.63. The van der Waals surface area contributed by atoms with Crippen molar-refractivity contribution in [2.24, 2.45) is 0 Å². The molecule has 1 heterocycles. The van der Waals surface area contributed by atoms with Crippen LogP contribution in [0.5, 0.6) is 0 Å². The number of nitrogens with one attached hydrogen (secondary N) is 1. The van der Waals surface area contributed by atoms with E-state index in [2.05, 4.69) is 64.1 Å². The fourth-order valence-corrected chi connectivity index (χ4v) is 1.91. The Labute approximate surface area is 115 Å². The topological polar surface area (TPSA) is 38.1 Å². The molecule has 0 aliphatic heterocycles. The molecule has 4 heteroatoms. The summed E-state index contributed by atoms with van der Waals surface area (Å²) in [7, 11) is 0. The maximum atomic E-state index is 5.70. The lowest BCUT2D eigenvalue weighted by molar-refractivity contribution is 0.497. The van der Waals surface area contributed by atoms with E-state index in [-0.39, 0.29) is 0 Å². The van der Waals surface area contributed by atoms with Crippen molar-refractivity contribution in [3.8, 4) is 11.3 Å². The minimum Gasteiger partial charge on any atom is -0.441 e. The van der Waals surface area contributed by atoms with Crippen LogP contribution in [0.4, 0.5) is 0 Å². The summed E-state index contributed by atoms with van der Waals surface area (Å²) >= 11 is 2.29. The van der Waals surface area contributed by atoms with Crippen molar-refractivity contribution in [3.63, 3.8) is 0 Å². The minimum absolute atomic E-state index is 0.791. The second-order valence-corrected chi connectivity index (χ2v) is 4.97. The van der Waals surface area contributed by atoms with Crippen LogP contribution in [0, 0.1) is 3.57 Å². The zero-order chi connectivity index (χ0) is 12.1. The Hall–Kier alpha value is -0.880. The van der Waals surface area contributed by atoms with Crippen LogP contribution in [0.25, 0.3) is 11.3 Å². The monoisotopic (exact) mass is 342 g/mol. The second kappa shape index (κ2) is 6.16. The maximum absolute atomic E-state index is 5.70. The second-order valence-electron chi connectivity index (χ2n) is 3.73. The SMILES string of the molecule is CCNCCc1ncc(-c2ccc(I)cc2)o1. The van der Waals surface area contributed by atoms with E-state index in [4.69, 9.17) is 4.42 Å². The van der Waals surface area contributed by atoms with E-state index in [1.54, 1.807) is 6.20 Å². The number of nitrogens with zero attached hydrogens (tertiary/aromatic N) is 1. The summed E-state index contributed by atoms with van der Waals surface area (Å²) in [6, 6.07) is 8.24. The molecular weight excluding hydrogens is 327 g/mol. The van der Waals surface area contributed by atoms with E-state index in [9.17, 15) is 0 Å². The molecule has 0 fully saturated rings. The van der Waals surface area contributed by atoms with Gasteiger partial charge in [0.2, 0.25) is 0 Å². The predicted octanol–water partition coefficient (Wildman–Crippen LogP) is 3.10. The molecule has 0 amide bonds. The standard InChI is InChI=1S/C13H15IN2O/c1-2-15-8-7-13-16-9-12(17-13)10-3-5-11(14)6-4-10/h3-6,9,15H,2,7-8H2,1H3. The lowest BCUT2D eigenvalue weighted by Gasteiger charge is -1.98. The molecule has 0 unspecified atom stereocenters. The number of halogens is 1. The summed E-state index contributed by atoms with van der Waals surface area (Å²) < 4.78 is 6.92. The van der Waals surface area contributed by atoms with E-state index in [0.29, 0.717) is 0 Å². The minimum atomic E-state index is 0.791. The van der Waals surface area contributed by atoms with Crippen LogP contribution >= 0.6 is 22.6 Å². The summed E-state index contributed by atoms with van der Waals surface area (Å²) in [4.78, 5) is 4.28. The summed E-state index contributed by atoms with van der Waals surface area (Å²) in [6.45, 7) is 3.97. The molecule has 0 aliphatic rings. The molecule has 2 rings (SSSR count). The number of rotatable bonds is 5. The first kappa shape index (κ1) is 12.6. The van der Waals surface area contributed by atoms with Gasteiger partial charge in [-0.25, -0.2) is 4.98 Å². The first-order chi connectivity index (χ1) is 8.29. The molecule has 0 atom stereocenters. The molecule has 17 heavy (non-hydrogen) atoms. The summed E-state index contributed by atoms with van der Waals surface area (Å²) in [5.74, 6) is 1.63. The Bertz CT molecular complexity index is 465. The first-order valence-corrected chi connectivity index (χ1v) is 6.79. The highest BCUT2D eigenvalue weighted by molar-refractivity contribution is 14.1. The van der Waals surface area contributed by atoms with E-state index in [1.165, 1.54) is 3.57 Å². The lowest BCUT2D eigenvalue weighted by atomic mass is 10.2. The van der Waals surface area contributed by atoms with Gasteiger partial charge in [-0.15, -0.1) is 0 Å². The molecule has 3 nitrogen and oxygen atoms in total. The number of hydrogen-bond acceptors (Lipinski definition) is 3. The molecule has 0 saturated heterocycles. The van der Waals surface area contributed by atoms with Gasteiger partial charge in [-0.2, -0.15) is 0 Å². The Balaban J connectivity index is 2.04. The highest BCUT2D eigenvalue weighted by Crippen LogP contribution is 2.21. The van der Waals surface area contributed by atoms with Gasteiger partial charge in [0.05, 0.1) is 6.20 Å². The third-order valence-electron chi connectivity index (χ3n) is 2.45. The van der Waals surface area contributed by atoms with Crippen LogP contribution in [0.3, 0.4) is 0 Å². The fraction of sp³-hybridized carbons (Fsp3) is 0.308. The van der Waals surface area contributed by atoms with Crippen molar-refractivity contribution in [1.82, 2.24) is 10.3 Å². The number of hydrogen-bond donors (Lipinski definition) is 1. The van der Waals surface area contributed by atoms with E-state index < -0.39 is 0 Å². The Morgan fingerprint density at radius 1 is 1.29 bits per heavy atom. The highest BCUT2D eigenvalue weighted by Gasteiger charge is 2.05. The molecule has 0 bridgehead atoms. The quantitative estimate of drug-likeness (QED) is 0.670. The van der Waals surface area contributed by atoms with Crippen molar-refractivity contribution < 1.29 is 4.42 Å². The average molecular weight is 342 g/mol. The number of aromatic nitrogens is 1. The molecule has 2 aromatic rings. The van der Waals surface area contributed by atoms with Gasteiger partial charge < -0.3 is 9.73 Å². The van der Waals surface area contributed by atoms with Crippen molar-refractivity contribution in [2.75, 3.05) is 13.1 Å². The third kappa shape index (κ3) is 3.54. The van der Waals surface area contributed by atoms with Gasteiger partial charge in [0, 0.05) is 22.1 Å². The predicted molar refractivity (Wildman–Crippen MR) is 76.9 cm³/mol. The summed E-state index contributed by atoms with van der Waals surface area (Å²) in [5, 5.41) is 3.25. The van der Waals surface area contributed by atoms with Crippen molar-refractivity contribution in [2.45, 2.75) is 13.3 Å². The highest BCUT2D eigenvalue weighted by atomic mass is 127. The molecule has 90 valence electrons. The normalized spacial score (nSPS) is 10.7. The Morgan fingerprint density at radius 2 is 2.06 bits per heavy atom. The molecule has 1 aromatic carbocycles. The van der Waals surface area contributed by atoms with E-state index in [1.807, 2.05) is 0 Å². The zero-order valence-electron chi connectivity index (χ0n) is 9.74. The number of likely N-dealkylation sites (N-methyl/N-ethyl adjacent to an activating group) is 1. The van der Waals surface area contributed by atoms with Crippen molar-refractivity contribution in [3.05, 3.63) is 39.9 Å². The van der Waals surface area contributed by atoms with E-state index in [0.717, 1.165) is 36.7 Å². The van der Waals surface area contributed by atoms with Crippen LogP contribution < -0.4 is 5.32 Å². The van der Waals surface area contributed by atoms with Gasteiger partial charge in [0.1, 0.15) is 0 Å². The first-order valence-electron chi connectivity index (χ1n) is 5.71. The van der Waals surface area contributed by atoms with Crippen molar-refractivity contribution in [1.29, 1.82) is 0 Å². The number of oxazole rings is 1. The third-order valence-corrected chi connectivity index (χ3v) is 3.17. The van der Waals surface area contributed by atoms with Crippen molar-refractivity contribution >= 4 is 22.6 Å². The zero-order valence-corrected chi connectivity index (χ0v) is 11.9. The van der Waals surface area contributed by atoms with Crippen LogP contribution in [-0.4, -0.2) is 18.1 Å². The van der Waals surface area contributed by atoms with Gasteiger partial charge in [-0.1, -0.05) is 19.1 Å². The van der Waals surface area contributed by atoms with Gasteiger partial charge in [0.15, 0.2) is 11.7 Å². The molecule has 0 spiro atoms. The molecule has 0 radical (unpaired) electrons. The maximum Gasteiger partial charge on any atom is 0.196 e. The van der Waals surface area contributed by atoms with Gasteiger partial charge in [-0.05, 0) is 41.3 Å². The van der Waals surface area contributed by atoms with Crippen LogP contribution in [0.15, 0.2) is 34.9 Å². The lowest BCUT2D eigenvalue weighted by Crippen LogP contribution is -2.16. The van der Waals surface area contributed by atoms with Crippen LogP contribution in [-0.2, 0) is 6.42 Å². The summed E-state index contributed by atoms with van der Waals surface area (Å²) in [5.41, 5.74) is 1.08. The molecule has 1 aromatic heterocycles. The van der Waals surface area contributed by atoms with Gasteiger partial charge >= 0.3 is 0 Å². The Kier molecular flexibility index (Phi) is 4.56. The molecular formula is C13H15IN2O. The van der Waals surface area contributed by atoms with Crippen LogP contribution in [0.1, 0.15) is 12.8 Å². The number of benzene rings is 1. The van der Waals surface area contributed by atoms with Gasteiger partial charge in [0.25, 0.3) is 0 Å². The van der Waals surface area contributed by atoms with Gasteiger partial charge in [-0.3, -0.25) is 0 Å². The smallest absolute Gasteiger partial charge is 0.196 e. The fourth-order valence-electron chi connectivity index (χ4n) is 1.55. The molecule has 0 aliphatic carbocycles. The van der Waals surface area contributed by atoms with Crippen LogP contribution in [0.2, 0.25) is 0 Å². The van der Waals surface area contributed by atoms with E-state index >= 15 is 0 Å². The largest absolute Gasteiger partial charge is 0.441 e. The Morgan fingerprint density at radius 3 is 2.76 bits per heavy atom. The molecule has 1 N–H and O–H groups in total.